The molecule has 0 aliphatic heterocycles. The molecule has 2 N–H and O–H groups in total. The lowest BCUT2D eigenvalue weighted by Gasteiger charge is -2.04. The molecular weight excluding hydrogens is 148 g/mol. The van der Waals surface area contributed by atoms with Gasteiger partial charge in [-0.05, 0) is 23.6 Å². The quantitative estimate of drug-likeness (QED) is 0.735. The van der Waals surface area contributed by atoms with Crippen molar-refractivity contribution in [1.29, 1.82) is 0 Å². The predicted molar refractivity (Wildman–Crippen MR) is 51.6 cm³/mol. The lowest BCUT2D eigenvalue weighted by Crippen LogP contribution is -2.03. The lowest BCUT2D eigenvalue weighted by molar-refractivity contribution is 0.943. The highest BCUT2D eigenvalue weighted by Gasteiger charge is 1.99. The van der Waals surface area contributed by atoms with Crippen LogP contribution in [0, 0.1) is 0 Å². The maximum Gasteiger partial charge on any atom is 0.0446 e. The van der Waals surface area contributed by atoms with Gasteiger partial charge in [0.1, 0.15) is 0 Å². The molecule has 0 aliphatic rings. The van der Waals surface area contributed by atoms with Gasteiger partial charge in [-0.15, -0.1) is 0 Å². The number of hydrogen-bond donors (Lipinski definition) is 1. The Bertz CT molecular complexity index is 279. The SMILES string of the molecule is C=Cc1cnc(CC)c(CN)c1. The van der Waals surface area contributed by atoms with Gasteiger partial charge in [-0.25, -0.2) is 0 Å². The second-order valence-electron chi connectivity index (χ2n) is 2.64. The Kier molecular flexibility index (Phi) is 3.00. The zero-order valence-corrected chi connectivity index (χ0v) is 7.38. The molecule has 2 heteroatoms. The molecule has 0 atom stereocenters. The monoisotopic (exact) mass is 162 g/mol. The van der Waals surface area contributed by atoms with Crippen LogP contribution in [0.25, 0.3) is 6.08 Å². The Balaban J connectivity index is 3.10. The van der Waals surface area contributed by atoms with Crippen LogP contribution >= 0.6 is 0 Å². The van der Waals surface area contributed by atoms with Crippen LogP contribution in [0.4, 0.5) is 0 Å². The molecule has 1 aromatic heterocycles. The van der Waals surface area contributed by atoms with E-state index in [-0.39, 0.29) is 0 Å². The number of hydrogen-bond acceptors (Lipinski definition) is 2. The van der Waals surface area contributed by atoms with E-state index in [2.05, 4.69) is 18.5 Å². The minimum Gasteiger partial charge on any atom is -0.326 e. The van der Waals surface area contributed by atoms with Gasteiger partial charge in [-0.3, -0.25) is 4.98 Å². The summed E-state index contributed by atoms with van der Waals surface area (Å²) in [4.78, 5) is 4.29. The van der Waals surface area contributed by atoms with E-state index in [0.29, 0.717) is 6.54 Å². The number of aryl methyl sites for hydroxylation is 1. The molecular formula is C10H14N2. The highest BCUT2D eigenvalue weighted by atomic mass is 14.7. The molecule has 0 radical (unpaired) electrons. The van der Waals surface area contributed by atoms with Crippen molar-refractivity contribution < 1.29 is 0 Å². The maximum atomic E-state index is 5.58. The van der Waals surface area contributed by atoms with Crippen molar-refractivity contribution in [2.45, 2.75) is 19.9 Å². The van der Waals surface area contributed by atoms with E-state index >= 15 is 0 Å². The van der Waals surface area contributed by atoms with E-state index in [1.807, 2.05) is 12.3 Å². The molecule has 0 spiro atoms. The van der Waals surface area contributed by atoms with Crippen LogP contribution in [-0.4, -0.2) is 4.98 Å². The Hall–Kier alpha value is -1.15. The molecule has 0 fully saturated rings. The summed E-state index contributed by atoms with van der Waals surface area (Å²) >= 11 is 0. The van der Waals surface area contributed by atoms with Crippen molar-refractivity contribution in [2.24, 2.45) is 5.73 Å². The Morgan fingerprint density at radius 1 is 1.67 bits per heavy atom. The molecule has 0 unspecified atom stereocenters. The van der Waals surface area contributed by atoms with E-state index in [0.717, 1.165) is 23.2 Å². The van der Waals surface area contributed by atoms with Crippen LogP contribution in [0.1, 0.15) is 23.7 Å². The van der Waals surface area contributed by atoms with Gasteiger partial charge in [-0.2, -0.15) is 0 Å². The highest BCUT2D eigenvalue weighted by molar-refractivity contribution is 5.47. The second kappa shape index (κ2) is 4.02. The first-order chi connectivity index (χ1) is 5.81. The molecule has 0 aliphatic carbocycles. The van der Waals surface area contributed by atoms with Gasteiger partial charge in [0.25, 0.3) is 0 Å². The third-order valence-corrected chi connectivity index (χ3v) is 1.87. The standard InChI is InChI=1S/C10H14N2/c1-3-8-5-9(6-11)10(4-2)12-7-8/h3,5,7H,1,4,6,11H2,2H3. The third kappa shape index (κ3) is 1.71. The van der Waals surface area contributed by atoms with Gasteiger partial charge in [0.2, 0.25) is 0 Å². The van der Waals surface area contributed by atoms with E-state index in [9.17, 15) is 0 Å². The minimum absolute atomic E-state index is 0.553. The number of aromatic nitrogens is 1. The first-order valence-electron chi connectivity index (χ1n) is 4.12. The fourth-order valence-electron chi connectivity index (χ4n) is 1.16. The van der Waals surface area contributed by atoms with Crippen molar-refractivity contribution in [2.75, 3.05) is 0 Å². The second-order valence-corrected chi connectivity index (χ2v) is 2.64. The molecule has 1 heterocycles. The molecule has 0 amide bonds. The first-order valence-corrected chi connectivity index (χ1v) is 4.12. The number of nitrogens with two attached hydrogens (primary N) is 1. The highest BCUT2D eigenvalue weighted by Crippen LogP contribution is 2.09. The van der Waals surface area contributed by atoms with Crippen LogP contribution in [0.3, 0.4) is 0 Å². The van der Waals surface area contributed by atoms with E-state index < -0.39 is 0 Å². The van der Waals surface area contributed by atoms with Gasteiger partial charge in [-0.1, -0.05) is 19.6 Å². The summed E-state index contributed by atoms with van der Waals surface area (Å²) in [5, 5.41) is 0. The molecule has 1 rings (SSSR count). The minimum atomic E-state index is 0.553. The number of rotatable bonds is 3. The first kappa shape index (κ1) is 8.94. The van der Waals surface area contributed by atoms with Gasteiger partial charge in [0.15, 0.2) is 0 Å². The zero-order valence-electron chi connectivity index (χ0n) is 7.38. The lowest BCUT2D eigenvalue weighted by atomic mass is 10.1. The molecule has 64 valence electrons. The molecule has 0 bridgehead atoms. The molecule has 0 aromatic carbocycles. The van der Waals surface area contributed by atoms with E-state index in [1.165, 1.54) is 0 Å². The van der Waals surface area contributed by atoms with Crippen LogP contribution in [0.2, 0.25) is 0 Å². The van der Waals surface area contributed by atoms with Crippen molar-refractivity contribution in [3.8, 4) is 0 Å². The van der Waals surface area contributed by atoms with Gasteiger partial charge < -0.3 is 5.73 Å². The van der Waals surface area contributed by atoms with Gasteiger partial charge in [0, 0.05) is 18.4 Å². The van der Waals surface area contributed by atoms with Crippen molar-refractivity contribution in [3.63, 3.8) is 0 Å². The fourth-order valence-corrected chi connectivity index (χ4v) is 1.16. The predicted octanol–water partition coefficient (Wildman–Crippen LogP) is 1.75. The van der Waals surface area contributed by atoms with Gasteiger partial charge in [0.05, 0.1) is 0 Å². The smallest absolute Gasteiger partial charge is 0.0446 e. The maximum absolute atomic E-state index is 5.58. The zero-order chi connectivity index (χ0) is 8.97. The Morgan fingerprint density at radius 2 is 2.42 bits per heavy atom. The topological polar surface area (TPSA) is 38.9 Å². The molecule has 2 nitrogen and oxygen atoms in total. The van der Waals surface area contributed by atoms with Crippen LogP contribution < -0.4 is 5.73 Å². The summed E-state index contributed by atoms with van der Waals surface area (Å²) in [5.41, 5.74) is 8.82. The largest absolute Gasteiger partial charge is 0.326 e. The Labute approximate surface area is 73.1 Å². The summed E-state index contributed by atoms with van der Waals surface area (Å²) in [5.74, 6) is 0. The van der Waals surface area contributed by atoms with Crippen molar-refractivity contribution >= 4 is 6.08 Å². The van der Waals surface area contributed by atoms with Gasteiger partial charge >= 0.3 is 0 Å². The molecule has 12 heavy (non-hydrogen) atoms. The average molecular weight is 162 g/mol. The fraction of sp³-hybridized carbons (Fsp3) is 0.300. The van der Waals surface area contributed by atoms with Crippen LogP contribution in [-0.2, 0) is 13.0 Å². The summed E-state index contributed by atoms with van der Waals surface area (Å²) in [6.07, 6.45) is 4.54. The summed E-state index contributed by atoms with van der Waals surface area (Å²) < 4.78 is 0. The van der Waals surface area contributed by atoms with Crippen molar-refractivity contribution in [3.05, 3.63) is 35.7 Å². The molecule has 0 saturated heterocycles. The summed E-state index contributed by atoms with van der Waals surface area (Å²) in [6, 6.07) is 2.04. The summed E-state index contributed by atoms with van der Waals surface area (Å²) in [6.45, 7) is 6.31. The number of pyridine rings is 1. The third-order valence-electron chi connectivity index (χ3n) is 1.87. The average Bonchev–Trinajstić information content (AvgIpc) is 2.16. The van der Waals surface area contributed by atoms with E-state index in [4.69, 9.17) is 5.73 Å². The number of nitrogens with zero attached hydrogens (tertiary/aromatic N) is 1. The normalized spacial score (nSPS) is 9.83. The van der Waals surface area contributed by atoms with E-state index in [1.54, 1.807) is 6.08 Å². The molecule has 1 aromatic rings. The summed E-state index contributed by atoms with van der Waals surface area (Å²) in [7, 11) is 0. The van der Waals surface area contributed by atoms with Crippen LogP contribution in [0.15, 0.2) is 18.8 Å². The molecule has 0 saturated carbocycles. The van der Waals surface area contributed by atoms with Crippen LogP contribution in [0.5, 0.6) is 0 Å². The van der Waals surface area contributed by atoms with Crippen molar-refractivity contribution in [1.82, 2.24) is 4.98 Å². The Morgan fingerprint density at radius 3 is 2.92 bits per heavy atom.